The summed E-state index contributed by atoms with van der Waals surface area (Å²) in [6.45, 7) is -0.315. The van der Waals surface area contributed by atoms with Crippen LogP contribution < -0.4 is 0 Å². The normalized spacial score (nSPS) is 21.9. The Morgan fingerprint density at radius 2 is 2.14 bits per heavy atom. The fourth-order valence-electron chi connectivity index (χ4n) is 2.54. The molecule has 2 aromatic rings. The van der Waals surface area contributed by atoms with Crippen LogP contribution >= 0.6 is 0 Å². The smallest absolute Gasteiger partial charge is 0.343 e. The lowest BCUT2D eigenvalue weighted by Crippen LogP contribution is -2.40. The third-order valence-electron chi connectivity index (χ3n) is 3.79. The van der Waals surface area contributed by atoms with Gasteiger partial charge in [0.05, 0.1) is 18.3 Å². The van der Waals surface area contributed by atoms with E-state index in [4.69, 9.17) is 5.11 Å². The van der Waals surface area contributed by atoms with Gasteiger partial charge in [0, 0.05) is 18.4 Å². The van der Waals surface area contributed by atoms with E-state index >= 15 is 0 Å². The summed E-state index contributed by atoms with van der Waals surface area (Å²) in [5.74, 6) is -1.84. The Kier molecular flexibility index (Phi) is 3.12. The first-order valence-electron chi connectivity index (χ1n) is 6.60. The van der Waals surface area contributed by atoms with Gasteiger partial charge in [-0.3, -0.25) is 9.48 Å². The van der Waals surface area contributed by atoms with Gasteiger partial charge in [0.15, 0.2) is 0 Å². The van der Waals surface area contributed by atoms with Crippen molar-refractivity contribution in [1.29, 1.82) is 0 Å². The van der Waals surface area contributed by atoms with Crippen molar-refractivity contribution < 1.29 is 19.1 Å². The number of benzene rings is 1. The highest BCUT2D eigenvalue weighted by molar-refractivity contribution is 5.84. The van der Waals surface area contributed by atoms with Gasteiger partial charge in [-0.2, -0.15) is 5.10 Å². The van der Waals surface area contributed by atoms with Crippen LogP contribution in [0.5, 0.6) is 0 Å². The first-order chi connectivity index (χ1) is 9.99. The number of rotatable bonds is 3. The number of aliphatic carboxylic acids is 1. The average molecular weight is 291 g/mol. The van der Waals surface area contributed by atoms with Gasteiger partial charge >= 0.3 is 5.97 Å². The van der Waals surface area contributed by atoms with Gasteiger partial charge in [0.2, 0.25) is 11.6 Å². The molecule has 1 aliphatic heterocycles. The monoisotopic (exact) mass is 291 g/mol. The molecule has 1 aromatic heterocycles. The Labute approximate surface area is 119 Å². The molecule has 21 heavy (non-hydrogen) atoms. The van der Waals surface area contributed by atoms with E-state index in [0.29, 0.717) is 0 Å². The number of hydrogen-bond acceptors (Lipinski definition) is 3. The lowest BCUT2D eigenvalue weighted by Gasteiger charge is -2.17. The maximum Gasteiger partial charge on any atom is 0.343 e. The Balaban J connectivity index is 1.74. The molecule has 3 rings (SSSR count). The molecule has 1 saturated heterocycles. The molecule has 7 heteroatoms. The summed E-state index contributed by atoms with van der Waals surface area (Å²) in [5, 5.41) is 13.9. The fraction of sp³-hybridized carbons (Fsp3) is 0.357. The second-order valence-electron chi connectivity index (χ2n) is 5.20. The molecule has 1 atom stereocenters. The number of carbonyl (C=O) groups excluding carboxylic acids is 1. The Hall–Kier alpha value is -2.44. The van der Waals surface area contributed by atoms with Crippen molar-refractivity contribution in [1.82, 2.24) is 14.7 Å². The number of carboxylic acid groups (broad SMARTS) is 1. The molecule has 1 N–H and O–H groups in total. The van der Waals surface area contributed by atoms with E-state index in [1.54, 1.807) is 6.20 Å². The third kappa shape index (κ3) is 2.35. The van der Waals surface area contributed by atoms with Gasteiger partial charge in [-0.1, -0.05) is 18.2 Å². The minimum absolute atomic E-state index is 0.0246. The van der Waals surface area contributed by atoms with Gasteiger partial charge in [0.1, 0.15) is 6.54 Å². The largest absolute Gasteiger partial charge is 0.479 e. The van der Waals surface area contributed by atoms with Crippen molar-refractivity contribution in [3.05, 3.63) is 30.5 Å². The van der Waals surface area contributed by atoms with Crippen molar-refractivity contribution in [2.24, 2.45) is 0 Å². The molecular formula is C14H14FN3O3. The van der Waals surface area contributed by atoms with Crippen molar-refractivity contribution in [2.45, 2.75) is 18.6 Å². The van der Waals surface area contributed by atoms with Crippen LogP contribution in [0.2, 0.25) is 0 Å². The standard InChI is InChI=1S/C14H14FN3O3/c15-14(13(20)21)5-6-17(9-14)12(19)8-18-11-4-2-1-3-10(11)7-16-18/h1-4,7H,5-6,8-9H2,(H,20,21). The van der Waals surface area contributed by atoms with Crippen LogP contribution in [0.4, 0.5) is 4.39 Å². The molecule has 0 spiro atoms. The molecule has 1 aliphatic rings. The zero-order valence-electron chi connectivity index (χ0n) is 11.2. The predicted octanol–water partition coefficient (Wildman–Crippen LogP) is 1.06. The summed E-state index contributed by atoms with van der Waals surface area (Å²) >= 11 is 0. The molecule has 0 saturated carbocycles. The van der Waals surface area contributed by atoms with Crippen molar-refractivity contribution in [3.63, 3.8) is 0 Å². The molecule has 6 nitrogen and oxygen atoms in total. The molecular weight excluding hydrogens is 277 g/mol. The molecule has 110 valence electrons. The summed E-state index contributed by atoms with van der Waals surface area (Å²) in [4.78, 5) is 24.3. The van der Waals surface area contributed by atoms with Crippen LogP contribution in [0, 0.1) is 0 Å². The van der Waals surface area contributed by atoms with E-state index in [-0.39, 0.29) is 25.4 Å². The molecule has 0 aliphatic carbocycles. The van der Waals surface area contributed by atoms with E-state index in [9.17, 15) is 14.0 Å². The van der Waals surface area contributed by atoms with Crippen LogP contribution in [0.25, 0.3) is 10.9 Å². The van der Waals surface area contributed by atoms with Crippen LogP contribution in [-0.4, -0.2) is 50.4 Å². The third-order valence-corrected chi connectivity index (χ3v) is 3.79. The van der Waals surface area contributed by atoms with Gasteiger partial charge in [-0.05, 0) is 6.07 Å². The lowest BCUT2D eigenvalue weighted by molar-refractivity contribution is -0.150. The Bertz CT molecular complexity index is 714. The van der Waals surface area contributed by atoms with Crippen molar-refractivity contribution in [2.75, 3.05) is 13.1 Å². The second kappa shape index (κ2) is 4.83. The Morgan fingerprint density at radius 1 is 1.38 bits per heavy atom. The summed E-state index contributed by atoms with van der Waals surface area (Å²) in [6, 6.07) is 7.45. The molecule has 0 bridgehead atoms. The minimum atomic E-state index is -2.33. The summed E-state index contributed by atoms with van der Waals surface area (Å²) in [6.07, 6.45) is 1.48. The molecule has 2 heterocycles. The summed E-state index contributed by atoms with van der Waals surface area (Å²) in [7, 11) is 0. The number of carbonyl (C=O) groups is 2. The highest BCUT2D eigenvalue weighted by Gasteiger charge is 2.46. The second-order valence-corrected chi connectivity index (χ2v) is 5.20. The molecule has 1 amide bonds. The highest BCUT2D eigenvalue weighted by Crippen LogP contribution is 2.26. The number of likely N-dealkylation sites (tertiary alicyclic amines) is 1. The maximum atomic E-state index is 14.0. The van der Waals surface area contributed by atoms with Crippen molar-refractivity contribution >= 4 is 22.8 Å². The Morgan fingerprint density at radius 3 is 2.86 bits per heavy atom. The van der Waals surface area contributed by atoms with Crippen molar-refractivity contribution in [3.8, 4) is 0 Å². The number of para-hydroxylation sites is 1. The highest BCUT2D eigenvalue weighted by atomic mass is 19.1. The van der Waals surface area contributed by atoms with Gasteiger partial charge in [-0.15, -0.1) is 0 Å². The number of fused-ring (bicyclic) bond motifs is 1. The number of halogens is 1. The number of nitrogens with zero attached hydrogens (tertiary/aromatic N) is 3. The average Bonchev–Trinajstić information content (AvgIpc) is 3.05. The lowest BCUT2D eigenvalue weighted by atomic mass is 10.1. The van der Waals surface area contributed by atoms with E-state index < -0.39 is 18.2 Å². The maximum absolute atomic E-state index is 14.0. The topological polar surface area (TPSA) is 75.4 Å². The van der Waals surface area contributed by atoms with Crippen LogP contribution in [0.15, 0.2) is 30.5 Å². The van der Waals surface area contributed by atoms with E-state index in [1.165, 1.54) is 9.58 Å². The molecule has 1 aromatic carbocycles. The van der Waals surface area contributed by atoms with E-state index in [1.807, 2.05) is 24.3 Å². The zero-order chi connectivity index (χ0) is 15.0. The van der Waals surface area contributed by atoms with Gasteiger partial charge in [-0.25, -0.2) is 9.18 Å². The number of hydrogen-bond donors (Lipinski definition) is 1. The van der Waals surface area contributed by atoms with Gasteiger partial charge < -0.3 is 10.0 Å². The predicted molar refractivity (Wildman–Crippen MR) is 72.4 cm³/mol. The minimum Gasteiger partial charge on any atom is -0.479 e. The molecule has 0 radical (unpaired) electrons. The number of aromatic nitrogens is 2. The molecule has 1 fully saturated rings. The van der Waals surface area contributed by atoms with E-state index in [0.717, 1.165) is 10.9 Å². The number of carboxylic acids is 1. The first-order valence-corrected chi connectivity index (χ1v) is 6.60. The summed E-state index contributed by atoms with van der Waals surface area (Å²) in [5.41, 5.74) is -1.52. The first kappa shape index (κ1) is 13.5. The fourth-order valence-corrected chi connectivity index (χ4v) is 2.54. The van der Waals surface area contributed by atoms with Crippen LogP contribution in [0.3, 0.4) is 0 Å². The SMILES string of the molecule is O=C(Cn1ncc2ccccc21)N1CCC(F)(C(=O)O)C1. The summed E-state index contributed by atoms with van der Waals surface area (Å²) < 4.78 is 15.5. The van der Waals surface area contributed by atoms with Crippen LogP contribution in [0.1, 0.15) is 6.42 Å². The number of amides is 1. The van der Waals surface area contributed by atoms with Gasteiger partial charge in [0.25, 0.3) is 0 Å². The quantitative estimate of drug-likeness (QED) is 0.917. The van der Waals surface area contributed by atoms with E-state index in [2.05, 4.69) is 5.10 Å². The van der Waals surface area contributed by atoms with Crippen LogP contribution in [-0.2, 0) is 16.1 Å². The zero-order valence-corrected chi connectivity index (χ0v) is 11.2. The molecule has 1 unspecified atom stereocenters. The number of alkyl halides is 1.